The number of hydrogen-bond donors (Lipinski definition) is 3. The molecule has 2 unspecified atom stereocenters. The standard InChI is InChI=1S/C24H32FO9P/c1-20(2)33-19-10-16-15-6-5-13-9-14(26)7-8-21(13,3)23(15,25)17(27)11-22(16,4)24(19,34-20)18(28)12-32-35(29,30)31/h7-9,15-17,19,27H,5-6,10-12H2,1-4H3,(H2,29,30,31)/t15-,16-,17-,19?,21-,22-,23?,24+/m0/s1. The Labute approximate surface area is 202 Å². The molecular weight excluding hydrogens is 482 g/mol. The highest BCUT2D eigenvalue weighted by atomic mass is 31.2. The minimum Gasteiger partial charge on any atom is -0.390 e. The van der Waals surface area contributed by atoms with E-state index in [1.807, 2.05) is 0 Å². The number of aliphatic hydroxyl groups is 1. The van der Waals surface area contributed by atoms with Crippen molar-refractivity contribution >= 4 is 19.4 Å². The van der Waals surface area contributed by atoms with Gasteiger partial charge in [0.1, 0.15) is 6.61 Å². The highest BCUT2D eigenvalue weighted by Crippen LogP contribution is 2.72. The topological polar surface area (TPSA) is 140 Å². The van der Waals surface area contributed by atoms with Crippen molar-refractivity contribution in [2.45, 2.75) is 82.6 Å². The lowest BCUT2D eigenvalue weighted by Gasteiger charge is -2.62. The molecule has 8 atom stereocenters. The Bertz CT molecular complexity index is 1100. The smallest absolute Gasteiger partial charge is 0.390 e. The van der Waals surface area contributed by atoms with E-state index in [0.717, 1.165) is 0 Å². The molecule has 11 heteroatoms. The molecule has 1 saturated heterocycles. The van der Waals surface area contributed by atoms with Crippen LogP contribution < -0.4 is 0 Å². The molecule has 0 amide bonds. The third-order valence-electron chi connectivity index (χ3n) is 9.41. The molecule has 5 rings (SSSR count). The minimum absolute atomic E-state index is 0.132. The Balaban J connectivity index is 1.59. The van der Waals surface area contributed by atoms with E-state index in [2.05, 4.69) is 4.52 Å². The van der Waals surface area contributed by atoms with Crippen LogP contribution in [0.5, 0.6) is 0 Å². The number of hydrogen-bond acceptors (Lipinski definition) is 7. The number of fused-ring (bicyclic) bond motifs is 7. The first-order valence-electron chi connectivity index (χ1n) is 11.9. The Morgan fingerprint density at radius 2 is 1.94 bits per heavy atom. The van der Waals surface area contributed by atoms with E-state index in [9.17, 15) is 29.0 Å². The van der Waals surface area contributed by atoms with Gasteiger partial charge in [-0.05, 0) is 64.5 Å². The van der Waals surface area contributed by atoms with Gasteiger partial charge in [0.15, 0.2) is 28.6 Å². The molecular formula is C24H32FO9P. The van der Waals surface area contributed by atoms with Crippen molar-refractivity contribution in [1.29, 1.82) is 0 Å². The van der Waals surface area contributed by atoms with E-state index in [-0.39, 0.29) is 18.6 Å². The van der Waals surface area contributed by atoms with Crippen LogP contribution in [0.2, 0.25) is 0 Å². The van der Waals surface area contributed by atoms with Gasteiger partial charge in [-0.3, -0.25) is 14.1 Å². The second kappa shape index (κ2) is 7.40. The normalized spacial score (nSPS) is 48.0. The Kier molecular flexibility index (Phi) is 5.37. The van der Waals surface area contributed by atoms with Gasteiger partial charge in [0.2, 0.25) is 0 Å². The van der Waals surface area contributed by atoms with Gasteiger partial charge in [-0.2, -0.15) is 0 Å². The Morgan fingerprint density at radius 3 is 2.60 bits per heavy atom. The monoisotopic (exact) mass is 514 g/mol. The molecule has 0 aromatic rings. The number of carbonyl (C=O) groups excluding carboxylic acids is 2. The maximum atomic E-state index is 17.3. The number of carbonyl (C=O) groups is 2. The van der Waals surface area contributed by atoms with Crippen molar-refractivity contribution in [3.05, 3.63) is 23.8 Å². The molecule has 0 aromatic heterocycles. The first-order chi connectivity index (χ1) is 16.0. The molecule has 1 aliphatic heterocycles. The third-order valence-corrected chi connectivity index (χ3v) is 9.88. The highest BCUT2D eigenvalue weighted by molar-refractivity contribution is 7.46. The second-order valence-corrected chi connectivity index (χ2v) is 12.8. The fourth-order valence-corrected chi connectivity index (χ4v) is 8.34. The van der Waals surface area contributed by atoms with Crippen molar-refractivity contribution in [2.24, 2.45) is 22.7 Å². The minimum atomic E-state index is -4.94. The lowest BCUT2D eigenvalue weighted by atomic mass is 9.44. The average molecular weight is 514 g/mol. The number of rotatable bonds is 4. The highest BCUT2D eigenvalue weighted by Gasteiger charge is 2.80. The number of halogens is 1. The van der Waals surface area contributed by atoms with Crippen LogP contribution in [0.3, 0.4) is 0 Å². The molecule has 0 bridgehead atoms. The van der Waals surface area contributed by atoms with Crippen LogP contribution in [-0.4, -0.2) is 62.3 Å². The lowest BCUT2D eigenvalue weighted by molar-refractivity contribution is -0.246. The van der Waals surface area contributed by atoms with Gasteiger partial charge in [-0.1, -0.05) is 18.6 Å². The lowest BCUT2D eigenvalue weighted by Crippen LogP contribution is -2.70. The van der Waals surface area contributed by atoms with Crippen molar-refractivity contribution in [2.75, 3.05) is 6.61 Å². The fourth-order valence-electron chi connectivity index (χ4n) is 8.06. The SMILES string of the molecule is CC1(C)OC2C[C@H]3[C@@H]4CCC5=CC(=O)C=C[C@]5(C)C4(F)[C@@H](O)C[C@]3(C)[C@]2(C(=O)COP(=O)(O)O)O1. The number of Topliss-reactive ketones (excluding diaryl/α,β-unsaturated/α-hetero) is 1. The zero-order valence-electron chi connectivity index (χ0n) is 20.2. The van der Waals surface area contributed by atoms with Crippen molar-refractivity contribution in [3.63, 3.8) is 0 Å². The summed E-state index contributed by atoms with van der Waals surface area (Å²) in [6.45, 7) is 5.86. The quantitative estimate of drug-likeness (QED) is 0.483. The zero-order chi connectivity index (χ0) is 25.8. The second-order valence-electron chi connectivity index (χ2n) is 11.5. The molecule has 194 valence electrons. The number of phosphoric ester groups is 1. The van der Waals surface area contributed by atoms with E-state index in [1.54, 1.807) is 33.8 Å². The van der Waals surface area contributed by atoms with E-state index >= 15 is 4.39 Å². The fraction of sp³-hybridized carbons (Fsp3) is 0.750. The van der Waals surface area contributed by atoms with Crippen LogP contribution in [0.1, 0.15) is 53.4 Å². The number of alkyl halides is 1. The van der Waals surface area contributed by atoms with Gasteiger partial charge in [0.25, 0.3) is 0 Å². The first-order valence-corrected chi connectivity index (χ1v) is 13.5. The molecule has 9 nitrogen and oxygen atoms in total. The summed E-state index contributed by atoms with van der Waals surface area (Å²) in [5.74, 6) is -3.17. The van der Waals surface area contributed by atoms with Crippen LogP contribution in [0.25, 0.3) is 0 Å². The van der Waals surface area contributed by atoms with Gasteiger partial charge in [0, 0.05) is 16.7 Å². The molecule has 35 heavy (non-hydrogen) atoms. The van der Waals surface area contributed by atoms with E-state index in [4.69, 9.17) is 9.47 Å². The first kappa shape index (κ1) is 25.4. The summed E-state index contributed by atoms with van der Waals surface area (Å²) < 4.78 is 45.5. The molecule has 0 spiro atoms. The van der Waals surface area contributed by atoms with Crippen LogP contribution in [0, 0.1) is 22.7 Å². The van der Waals surface area contributed by atoms with E-state index in [1.165, 1.54) is 12.2 Å². The molecule has 0 aromatic carbocycles. The Morgan fingerprint density at radius 1 is 1.26 bits per heavy atom. The third kappa shape index (κ3) is 3.24. The van der Waals surface area contributed by atoms with Gasteiger partial charge in [-0.15, -0.1) is 0 Å². The van der Waals surface area contributed by atoms with Gasteiger partial charge >= 0.3 is 7.82 Å². The summed E-state index contributed by atoms with van der Waals surface area (Å²) in [7, 11) is -4.94. The molecule has 1 heterocycles. The van der Waals surface area contributed by atoms with Crippen molar-refractivity contribution < 1.29 is 47.4 Å². The Hall–Kier alpha value is -1.26. The summed E-state index contributed by atoms with van der Waals surface area (Å²) in [6.07, 6.45) is 3.06. The van der Waals surface area contributed by atoms with Crippen LogP contribution in [-0.2, 0) is 28.2 Å². The van der Waals surface area contributed by atoms with Gasteiger partial charge in [0.05, 0.1) is 12.2 Å². The van der Waals surface area contributed by atoms with Crippen LogP contribution in [0.4, 0.5) is 4.39 Å². The zero-order valence-corrected chi connectivity index (χ0v) is 21.1. The summed E-state index contributed by atoms with van der Waals surface area (Å²) in [5, 5.41) is 11.5. The van der Waals surface area contributed by atoms with Crippen molar-refractivity contribution in [1.82, 2.24) is 0 Å². The summed E-state index contributed by atoms with van der Waals surface area (Å²) in [5.41, 5.74) is -5.37. The molecule has 4 fully saturated rings. The largest absolute Gasteiger partial charge is 0.470 e. The predicted octanol–water partition coefficient (Wildman–Crippen LogP) is 2.54. The average Bonchev–Trinajstić information content (AvgIpc) is 3.14. The number of ether oxygens (including phenoxy) is 2. The van der Waals surface area contributed by atoms with E-state index < -0.39 is 72.1 Å². The van der Waals surface area contributed by atoms with Crippen molar-refractivity contribution in [3.8, 4) is 0 Å². The summed E-state index contributed by atoms with van der Waals surface area (Å²) in [4.78, 5) is 44.0. The maximum absolute atomic E-state index is 17.3. The molecule has 3 N–H and O–H groups in total. The predicted molar refractivity (Wildman–Crippen MR) is 120 cm³/mol. The van der Waals surface area contributed by atoms with E-state index in [0.29, 0.717) is 18.4 Å². The molecule has 5 aliphatic rings. The number of phosphoric acid groups is 1. The number of aliphatic hydroxyl groups excluding tert-OH is 1. The van der Waals surface area contributed by atoms with Gasteiger partial charge in [-0.25, -0.2) is 8.96 Å². The molecule has 3 saturated carbocycles. The summed E-state index contributed by atoms with van der Waals surface area (Å²) >= 11 is 0. The van der Waals surface area contributed by atoms with Crippen LogP contribution >= 0.6 is 7.82 Å². The van der Waals surface area contributed by atoms with Crippen LogP contribution in [0.15, 0.2) is 23.8 Å². The summed E-state index contributed by atoms with van der Waals surface area (Å²) in [6, 6.07) is 0. The maximum Gasteiger partial charge on any atom is 0.470 e. The number of ketones is 2. The number of allylic oxidation sites excluding steroid dienone is 4. The molecule has 4 aliphatic carbocycles. The van der Waals surface area contributed by atoms with Gasteiger partial charge < -0.3 is 24.4 Å². The molecule has 0 radical (unpaired) electrons.